The molecule has 3 nitrogen and oxygen atoms in total. The van der Waals surface area contributed by atoms with Crippen molar-refractivity contribution in [2.75, 3.05) is 6.61 Å². The topological polar surface area (TPSA) is 27.1 Å². The number of nitrogens with zero attached hydrogens (tertiary/aromatic N) is 2. The van der Waals surface area contributed by atoms with Gasteiger partial charge >= 0.3 is 0 Å². The summed E-state index contributed by atoms with van der Waals surface area (Å²) in [5.74, 6) is 0. The van der Waals surface area contributed by atoms with E-state index in [1.54, 1.807) is 4.68 Å². The predicted molar refractivity (Wildman–Crippen MR) is 62.9 cm³/mol. The molecule has 2 rings (SSSR count). The van der Waals surface area contributed by atoms with E-state index in [0.717, 1.165) is 29.4 Å². The molecule has 0 aliphatic carbocycles. The fourth-order valence-corrected chi connectivity index (χ4v) is 2.22. The Bertz CT molecular complexity index is 419. The summed E-state index contributed by atoms with van der Waals surface area (Å²) in [7, 11) is 0. The minimum atomic E-state index is -1.24. The van der Waals surface area contributed by atoms with Crippen molar-refractivity contribution >= 4 is 15.9 Å². The van der Waals surface area contributed by atoms with Gasteiger partial charge in [-0.05, 0) is 48.5 Å². The third-order valence-corrected chi connectivity index (χ3v) is 3.61. The van der Waals surface area contributed by atoms with Crippen molar-refractivity contribution in [3.8, 4) is 0 Å². The minimum absolute atomic E-state index is 0.162. The van der Waals surface area contributed by atoms with E-state index in [1.165, 1.54) is 0 Å². The van der Waals surface area contributed by atoms with E-state index in [9.17, 15) is 0 Å². The molecular formula is C11H17BrN2O. The van der Waals surface area contributed by atoms with Gasteiger partial charge in [0.05, 0.1) is 15.9 Å². The van der Waals surface area contributed by atoms with Crippen LogP contribution in [-0.2, 0) is 11.1 Å². The van der Waals surface area contributed by atoms with Crippen LogP contribution >= 0.6 is 15.9 Å². The van der Waals surface area contributed by atoms with Crippen LogP contribution in [-0.4, -0.2) is 16.4 Å². The van der Waals surface area contributed by atoms with Crippen LogP contribution in [0.1, 0.15) is 47.9 Å². The highest BCUT2D eigenvalue weighted by Crippen LogP contribution is 2.29. The van der Waals surface area contributed by atoms with Crippen LogP contribution in [0.2, 0.25) is 0 Å². The lowest BCUT2D eigenvalue weighted by atomic mass is 10.2. The molecule has 0 radical (unpaired) electrons. The maximum Gasteiger partial charge on any atom is 0.150 e. The molecule has 0 N–H and O–H groups in total. The van der Waals surface area contributed by atoms with Gasteiger partial charge in [0.1, 0.15) is 0 Å². The van der Waals surface area contributed by atoms with Crippen LogP contribution in [0.5, 0.6) is 0 Å². The summed E-state index contributed by atoms with van der Waals surface area (Å²) in [6.07, 6.45) is 1.90. The largest absolute Gasteiger partial charge is 0.357 e. The highest BCUT2D eigenvalue weighted by atomic mass is 79.9. The summed E-state index contributed by atoms with van der Waals surface area (Å²) in [6, 6.07) is 0. The highest BCUT2D eigenvalue weighted by Gasteiger charge is 2.21. The summed E-state index contributed by atoms with van der Waals surface area (Å²) in [5.41, 5.74) is 1.35. The van der Waals surface area contributed by atoms with Crippen LogP contribution in [0.25, 0.3) is 0 Å². The third kappa shape index (κ3) is 2.11. The second-order valence-electron chi connectivity index (χ2n) is 3.72. The first-order valence-electron chi connectivity index (χ1n) is 6.88. The molecule has 84 valence electrons. The van der Waals surface area contributed by atoms with E-state index in [0.29, 0.717) is 12.3 Å². The fourth-order valence-electron chi connectivity index (χ4n) is 1.83. The van der Waals surface area contributed by atoms with E-state index < -0.39 is 13.3 Å². The maximum absolute atomic E-state index is 7.96. The average molecular weight is 276 g/mol. The van der Waals surface area contributed by atoms with Gasteiger partial charge < -0.3 is 4.74 Å². The van der Waals surface area contributed by atoms with Crippen molar-refractivity contribution in [1.82, 2.24) is 9.78 Å². The molecule has 0 saturated carbocycles. The van der Waals surface area contributed by atoms with Crippen molar-refractivity contribution in [3.63, 3.8) is 0 Å². The molecule has 0 amide bonds. The van der Waals surface area contributed by atoms with Gasteiger partial charge in [0, 0.05) is 10.7 Å². The zero-order valence-corrected chi connectivity index (χ0v) is 10.3. The lowest BCUT2D eigenvalue weighted by molar-refractivity contribution is -0.0412. The number of hydrogen-bond acceptors (Lipinski definition) is 2. The molecule has 1 fully saturated rings. The van der Waals surface area contributed by atoms with Crippen LogP contribution < -0.4 is 0 Å². The summed E-state index contributed by atoms with van der Waals surface area (Å²) in [6.45, 7) is 1.32. The Labute approximate surface area is 103 Å². The molecule has 4 heteroatoms. The number of rotatable bonds is 2. The second kappa shape index (κ2) is 4.66. The van der Waals surface area contributed by atoms with Crippen LogP contribution in [0, 0.1) is 6.92 Å². The average Bonchev–Trinajstić information content (AvgIpc) is 2.66. The number of ether oxygens (including phenoxy) is 1. The summed E-state index contributed by atoms with van der Waals surface area (Å²) in [4.78, 5) is 0. The van der Waals surface area contributed by atoms with Crippen molar-refractivity contribution in [1.29, 1.82) is 0 Å². The van der Waals surface area contributed by atoms with Gasteiger partial charge in [0.25, 0.3) is 0 Å². The molecule has 1 aromatic heterocycles. The zero-order valence-electron chi connectivity index (χ0n) is 11.7. The molecule has 1 aliphatic heterocycles. The summed E-state index contributed by atoms with van der Waals surface area (Å²) >= 11 is 3.41. The van der Waals surface area contributed by atoms with Gasteiger partial charge in [-0.2, -0.15) is 5.10 Å². The lowest BCUT2D eigenvalue weighted by Gasteiger charge is -2.24. The van der Waals surface area contributed by atoms with Gasteiger partial charge in [-0.25, -0.2) is 4.68 Å². The molecule has 2 heterocycles. The van der Waals surface area contributed by atoms with Gasteiger partial charge in [0.15, 0.2) is 6.23 Å². The SMILES string of the molecule is [2H]C([2H])C([2H])c1c(Br)c(C)nn1C1CCCCO1. The van der Waals surface area contributed by atoms with Crippen molar-refractivity contribution in [3.05, 3.63) is 15.9 Å². The molecular weight excluding hydrogens is 256 g/mol. The zero-order chi connectivity index (χ0) is 13.3. The van der Waals surface area contributed by atoms with Gasteiger partial charge in [0.2, 0.25) is 0 Å². The Morgan fingerprint density at radius 3 is 3.27 bits per heavy atom. The van der Waals surface area contributed by atoms with Gasteiger partial charge in [-0.1, -0.05) is 6.88 Å². The second-order valence-corrected chi connectivity index (χ2v) is 4.51. The highest BCUT2D eigenvalue weighted by molar-refractivity contribution is 9.10. The first-order valence-corrected chi connectivity index (χ1v) is 5.94. The molecule has 1 saturated heterocycles. The summed E-state index contributed by atoms with van der Waals surface area (Å²) in [5, 5.41) is 4.40. The number of halogens is 1. The monoisotopic (exact) mass is 275 g/mol. The molecule has 1 aromatic rings. The molecule has 0 spiro atoms. The Morgan fingerprint density at radius 2 is 2.60 bits per heavy atom. The smallest absolute Gasteiger partial charge is 0.150 e. The fraction of sp³-hybridized carbons (Fsp3) is 0.727. The van der Waals surface area contributed by atoms with Crippen molar-refractivity contribution in [2.45, 2.75) is 45.7 Å². The molecule has 2 atom stereocenters. The minimum Gasteiger partial charge on any atom is -0.357 e. The van der Waals surface area contributed by atoms with E-state index in [1.807, 2.05) is 6.92 Å². The Hall–Kier alpha value is -0.350. The van der Waals surface area contributed by atoms with Gasteiger partial charge in [-0.15, -0.1) is 0 Å². The first kappa shape index (κ1) is 7.85. The van der Waals surface area contributed by atoms with E-state index in [4.69, 9.17) is 8.85 Å². The third-order valence-electron chi connectivity index (χ3n) is 2.63. The van der Waals surface area contributed by atoms with Crippen LogP contribution in [0.4, 0.5) is 0 Å². The van der Waals surface area contributed by atoms with Crippen molar-refractivity contribution < 1.29 is 8.85 Å². The van der Waals surface area contributed by atoms with E-state index in [2.05, 4.69) is 21.0 Å². The standard InChI is InChI=1S/C11H17BrN2O/c1-3-9-11(12)8(2)13-14(9)10-6-4-5-7-15-10/h10H,3-7H2,1-2H3/i1D2,3D. The number of aryl methyl sites for hydroxylation is 1. The number of hydrogen-bond donors (Lipinski definition) is 0. The normalized spacial score (nSPS) is 27.1. The molecule has 15 heavy (non-hydrogen) atoms. The Kier molecular flexibility index (Phi) is 2.44. The molecule has 0 bridgehead atoms. The van der Waals surface area contributed by atoms with Crippen LogP contribution in [0.15, 0.2) is 4.47 Å². The van der Waals surface area contributed by atoms with Crippen molar-refractivity contribution in [2.24, 2.45) is 0 Å². The Balaban J connectivity index is 2.36. The van der Waals surface area contributed by atoms with Gasteiger partial charge in [-0.3, -0.25) is 0 Å². The van der Waals surface area contributed by atoms with Crippen LogP contribution in [0.3, 0.4) is 0 Å². The quantitative estimate of drug-likeness (QED) is 0.829. The van der Waals surface area contributed by atoms with E-state index in [-0.39, 0.29) is 6.23 Å². The predicted octanol–water partition coefficient (Wildman–Crippen LogP) is 3.22. The van der Waals surface area contributed by atoms with E-state index >= 15 is 0 Å². The molecule has 2 unspecified atom stereocenters. The molecule has 0 aromatic carbocycles. The molecule has 1 aliphatic rings. The number of aromatic nitrogens is 2. The Morgan fingerprint density at radius 1 is 1.73 bits per heavy atom. The lowest BCUT2D eigenvalue weighted by Crippen LogP contribution is -2.20. The maximum atomic E-state index is 7.96. The first-order chi connectivity index (χ1) is 8.52. The summed E-state index contributed by atoms with van der Waals surface area (Å²) < 4.78 is 30.9.